The third kappa shape index (κ3) is 1.73. The van der Waals surface area contributed by atoms with E-state index in [4.69, 9.17) is 0 Å². The molecule has 1 aliphatic carbocycles. The van der Waals surface area contributed by atoms with E-state index in [1.807, 2.05) is 13.0 Å². The quantitative estimate of drug-likeness (QED) is 0.450. The highest BCUT2D eigenvalue weighted by molar-refractivity contribution is 5.82. The molecule has 0 amide bonds. The zero-order chi connectivity index (χ0) is 8.97. The van der Waals surface area contributed by atoms with Crippen LogP contribution in [0.1, 0.15) is 26.7 Å². The van der Waals surface area contributed by atoms with E-state index in [-0.39, 0.29) is 0 Å². The molecule has 64 valence electrons. The van der Waals surface area contributed by atoms with Crippen LogP contribution in [-0.2, 0) is 4.79 Å². The molecular weight excluding hydrogens is 148 g/mol. The van der Waals surface area contributed by atoms with Gasteiger partial charge in [-0.25, -0.2) is 0 Å². The number of carbonyl (C=O) groups excluding carboxylic acids is 1. The van der Waals surface area contributed by atoms with Crippen LogP contribution in [0.3, 0.4) is 0 Å². The molecule has 1 nitrogen and oxygen atoms in total. The van der Waals surface area contributed by atoms with Crippen LogP contribution in [0.5, 0.6) is 0 Å². The minimum atomic E-state index is 0.809. The van der Waals surface area contributed by atoms with Gasteiger partial charge in [-0.1, -0.05) is 18.2 Å². The molecule has 0 spiro atoms. The Kier molecular flexibility index (Phi) is 3.03. The molecule has 0 aromatic carbocycles. The van der Waals surface area contributed by atoms with Crippen LogP contribution in [0.2, 0.25) is 0 Å². The third-order valence-corrected chi connectivity index (χ3v) is 2.14. The van der Waals surface area contributed by atoms with Crippen molar-refractivity contribution >= 4 is 6.29 Å². The van der Waals surface area contributed by atoms with E-state index in [1.54, 1.807) is 0 Å². The lowest BCUT2D eigenvalue weighted by molar-refractivity contribution is -0.104. The Bertz CT molecular complexity index is 267. The van der Waals surface area contributed by atoms with Crippen molar-refractivity contribution < 1.29 is 4.79 Å². The van der Waals surface area contributed by atoms with Crippen LogP contribution in [-0.4, -0.2) is 6.29 Å². The summed E-state index contributed by atoms with van der Waals surface area (Å²) in [5, 5.41) is 0. The number of hydrogen-bond donors (Lipinski definition) is 0. The second kappa shape index (κ2) is 4.05. The van der Waals surface area contributed by atoms with Gasteiger partial charge >= 0.3 is 0 Å². The molecule has 0 saturated heterocycles. The maximum atomic E-state index is 10.6. The zero-order valence-electron chi connectivity index (χ0n) is 7.63. The van der Waals surface area contributed by atoms with Crippen molar-refractivity contribution in [2.45, 2.75) is 26.7 Å². The molecule has 0 heterocycles. The molecule has 0 atom stereocenters. The lowest BCUT2D eigenvalue weighted by Crippen LogP contribution is -1.96. The van der Waals surface area contributed by atoms with Gasteiger partial charge in [-0.3, -0.25) is 4.79 Å². The van der Waals surface area contributed by atoms with Gasteiger partial charge in [-0.05, 0) is 37.8 Å². The van der Waals surface area contributed by atoms with E-state index < -0.39 is 0 Å². The summed E-state index contributed by atoms with van der Waals surface area (Å²) in [5.74, 6) is 0. The molecule has 0 fully saturated rings. The summed E-state index contributed by atoms with van der Waals surface area (Å²) in [4.78, 5) is 10.6. The first-order chi connectivity index (χ1) is 5.79. The molecule has 0 bridgehead atoms. The van der Waals surface area contributed by atoms with E-state index >= 15 is 0 Å². The molecule has 0 aliphatic heterocycles. The van der Waals surface area contributed by atoms with Gasteiger partial charge in [0.15, 0.2) is 0 Å². The van der Waals surface area contributed by atoms with E-state index in [2.05, 4.69) is 19.1 Å². The molecular formula is C11H14O. The first-order valence-corrected chi connectivity index (χ1v) is 4.28. The van der Waals surface area contributed by atoms with Gasteiger partial charge in [0.25, 0.3) is 0 Å². The predicted octanol–water partition coefficient (Wildman–Crippen LogP) is 2.80. The first-order valence-electron chi connectivity index (χ1n) is 4.28. The normalized spacial score (nSPS) is 18.3. The second-order valence-corrected chi connectivity index (χ2v) is 2.94. The van der Waals surface area contributed by atoms with Gasteiger partial charge in [0.1, 0.15) is 6.29 Å². The summed E-state index contributed by atoms with van der Waals surface area (Å²) in [7, 11) is 0. The molecule has 0 unspecified atom stereocenters. The van der Waals surface area contributed by atoms with Crippen LogP contribution in [0.4, 0.5) is 0 Å². The number of allylic oxidation sites excluding steroid dienone is 6. The largest absolute Gasteiger partial charge is 0.298 e. The Balaban J connectivity index is 2.94. The van der Waals surface area contributed by atoms with Crippen LogP contribution < -0.4 is 0 Å². The summed E-state index contributed by atoms with van der Waals surface area (Å²) < 4.78 is 0. The molecule has 0 aromatic rings. The minimum absolute atomic E-state index is 0.809. The Morgan fingerprint density at radius 2 is 2.08 bits per heavy atom. The van der Waals surface area contributed by atoms with Crippen LogP contribution in [0.25, 0.3) is 0 Å². The molecule has 12 heavy (non-hydrogen) atoms. The maximum Gasteiger partial charge on any atom is 0.150 e. The Morgan fingerprint density at radius 3 is 2.58 bits per heavy atom. The smallest absolute Gasteiger partial charge is 0.150 e. The van der Waals surface area contributed by atoms with Crippen molar-refractivity contribution in [2.24, 2.45) is 0 Å². The van der Waals surface area contributed by atoms with Gasteiger partial charge < -0.3 is 0 Å². The third-order valence-electron chi connectivity index (χ3n) is 2.14. The van der Waals surface area contributed by atoms with Gasteiger partial charge in [-0.2, -0.15) is 0 Å². The Labute approximate surface area is 73.5 Å². The lowest BCUT2D eigenvalue weighted by atomic mass is 9.93. The van der Waals surface area contributed by atoms with Crippen molar-refractivity contribution in [3.63, 3.8) is 0 Å². The Hall–Kier alpha value is -1.11. The monoisotopic (exact) mass is 162 g/mol. The number of rotatable bonds is 2. The van der Waals surface area contributed by atoms with E-state index in [1.165, 1.54) is 5.57 Å². The highest BCUT2D eigenvalue weighted by Gasteiger charge is 2.07. The van der Waals surface area contributed by atoms with Crippen molar-refractivity contribution in [3.8, 4) is 0 Å². The van der Waals surface area contributed by atoms with E-state index in [0.29, 0.717) is 0 Å². The maximum absolute atomic E-state index is 10.6. The standard InChI is InChI=1S/C11H14O/c1-3-10(8-12)11-7-5-4-6-9(11)2/h3,6-8H,4-5H2,1-2H3/b10-3-. The molecule has 0 radical (unpaired) electrons. The minimum Gasteiger partial charge on any atom is -0.298 e. The van der Waals surface area contributed by atoms with Crippen molar-refractivity contribution in [3.05, 3.63) is 34.9 Å². The molecule has 0 saturated carbocycles. The summed E-state index contributed by atoms with van der Waals surface area (Å²) in [6.07, 6.45) is 9.26. The van der Waals surface area contributed by atoms with Crippen LogP contribution in [0, 0.1) is 0 Å². The summed E-state index contributed by atoms with van der Waals surface area (Å²) in [5.41, 5.74) is 3.14. The number of carbonyl (C=O) groups is 1. The topological polar surface area (TPSA) is 17.1 Å². The predicted molar refractivity (Wildman–Crippen MR) is 50.9 cm³/mol. The van der Waals surface area contributed by atoms with Gasteiger partial charge in [0, 0.05) is 5.57 Å². The highest BCUT2D eigenvalue weighted by atomic mass is 16.1. The number of aldehydes is 1. The summed E-state index contributed by atoms with van der Waals surface area (Å²) in [6.45, 7) is 3.95. The molecule has 1 rings (SSSR count). The summed E-state index contributed by atoms with van der Waals surface area (Å²) >= 11 is 0. The molecule has 0 aromatic heterocycles. The van der Waals surface area contributed by atoms with E-state index in [9.17, 15) is 4.79 Å². The highest BCUT2D eigenvalue weighted by Crippen LogP contribution is 2.23. The molecule has 1 heteroatoms. The van der Waals surface area contributed by atoms with Crippen LogP contribution >= 0.6 is 0 Å². The molecule has 1 aliphatic rings. The van der Waals surface area contributed by atoms with Crippen molar-refractivity contribution in [2.75, 3.05) is 0 Å². The van der Waals surface area contributed by atoms with Crippen molar-refractivity contribution in [1.29, 1.82) is 0 Å². The summed E-state index contributed by atoms with van der Waals surface area (Å²) in [6, 6.07) is 0. The Morgan fingerprint density at radius 1 is 1.42 bits per heavy atom. The van der Waals surface area contributed by atoms with Gasteiger partial charge in [-0.15, -0.1) is 0 Å². The zero-order valence-corrected chi connectivity index (χ0v) is 7.63. The van der Waals surface area contributed by atoms with E-state index in [0.717, 1.165) is 30.3 Å². The number of hydrogen-bond acceptors (Lipinski definition) is 1. The second-order valence-electron chi connectivity index (χ2n) is 2.94. The fraction of sp³-hybridized carbons (Fsp3) is 0.364. The SMILES string of the molecule is C/C=C(/C=O)C1=CCCC=C1C. The van der Waals surface area contributed by atoms with Gasteiger partial charge in [0.2, 0.25) is 0 Å². The van der Waals surface area contributed by atoms with Gasteiger partial charge in [0.05, 0.1) is 0 Å². The van der Waals surface area contributed by atoms with Crippen LogP contribution in [0.15, 0.2) is 34.9 Å². The average molecular weight is 162 g/mol. The molecule has 0 N–H and O–H groups in total. The lowest BCUT2D eigenvalue weighted by Gasteiger charge is -2.11. The van der Waals surface area contributed by atoms with Crippen molar-refractivity contribution in [1.82, 2.24) is 0 Å². The fourth-order valence-electron chi connectivity index (χ4n) is 1.43. The average Bonchev–Trinajstić information content (AvgIpc) is 2.10. The first kappa shape index (κ1) is 8.98. The fourth-order valence-corrected chi connectivity index (χ4v) is 1.43.